The van der Waals surface area contributed by atoms with Gasteiger partial charge in [0.15, 0.2) is 0 Å². The van der Waals surface area contributed by atoms with Gasteiger partial charge >= 0.3 is 36.1 Å². The minimum absolute atomic E-state index is 0.0490. The molecule has 0 aromatic heterocycles. The second-order valence-corrected chi connectivity index (χ2v) is 17.2. The molecule has 2 aromatic carbocycles. The number of piperazine rings is 2. The zero-order chi connectivity index (χ0) is 48.7. The molecule has 0 spiro atoms. The number of halogens is 6. The zero-order valence-corrected chi connectivity index (χ0v) is 37.5. The lowest BCUT2D eigenvalue weighted by Crippen LogP contribution is -2.50. The van der Waals surface area contributed by atoms with Gasteiger partial charge in [-0.25, -0.2) is 9.59 Å². The van der Waals surface area contributed by atoms with Crippen LogP contribution in [-0.2, 0) is 33.4 Å². The number of anilines is 4. The number of amides is 4. The number of alkyl halides is 6. The number of benzene rings is 2. The Labute approximate surface area is 378 Å². The summed E-state index contributed by atoms with van der Waals surface area (Å²) in [6.07, 6.45) is -9.54. The first kappa shape index (κ1) is 51.3. The Bertz CT molecular complexity index is 2090. The summed E-state index contributed by atoms with van der Waals surface area (Å²) < 4.78 is 97.4. The molecule has 66 heavy (non-hydrogen) atoms. The maximum Gasteiger partial charge on any atom is 0.471 e. The Balaban J connectivity index is 0.000000249. The van der Waals surface area contributed by atoms with Gasteiger partial charge in [-0.05, 0) is 82.9 Å². The van der Waals surface area contributed by atoms with Crippen LogP contribution in [0.2, 0.25) is 0 Å². The third-order valence-electron chi connectivity index (χ3n) is 11.5. The highest BCUT2D eigenvalue weighted by molar-refractivity contribution is 6.06. The highest BCUT2D eigenvalue weighted by Gasteiger charge is 2.48. The molecular formula is C44H56F6N6O10. The van der Waals surface area contributed by atoms with Crippen LogP contribution in [0, 0.1) is 0 Å². The SMILES string of the molecule is CC(=O)N1CCN(c2ccc(C(=O)O)c(N(C(=O)C(F)(F)F)C3CCOCC3)c2)CC1.CC(=O)N1CCN(c2ccc(C(=O)OC(C)(C)C)c(N(C(=O)C(F)(F)F)C3CCOCC3)c2)CC1. The molecule has 364 valence electrons. The van der Waals surface area contributed by atoms with Crippen LogP contribution in [-0.4, -0.2) is 159 Å². The molecular weight excluding hydrogens is 887 g/mol. The van der Waals surface area contributed by atoms with Crippen LogP contribution in [0.4, 0.5) is 49.1 Å². The Hall–Kier alpha value is -5.64. The van der Waals surface area contributed by atoms with E-state index in [0.29, 0.717) is 73.5 Å². The highest BCUT2D eigenvalue weighted by atomic mass is 19.4. The Kier molecular flexibility index (Phi) is 16.6. The van der Waals surface area contributed by atoms with E-state index in [9.17, 15) is 60.2 Å². The van der Waals surface area contributed by atoms with Crippen LogP contribution in [0.25, 0.3) is 0 Å². The van der Waals surface area contributed by atoms with Crippen LogP contribution in [0.1, 0.15) is 81.0 Å². The molecule has 6 rings (SSSR count). The number of rotatable bonds is 8. The van der Waals surface area contributed by atoms with Crippen molar-refractivity contribution in [3.05, 3.63) is 47.5 Å². The van der Waals surface area contributed by atoms with E-state index in [1.807, 2.05) is 9.80 Å². The molecule has 4 aliphatic rings. The molecule has 4 fully saturated rings. The average Bonchev–Trinajstić information content (AvgIpc) is 3.26. The summed E-state index contributed by atoms with van der Waals surface area (Å²) in [5, 5.41) is 9.59. The first-order valence-electron chi connectivity index (χ1n) is 21.6. The molecule has 4 aliphatic heterocycles. The van der Waals surface area contributed by atoms with Gasteiger partial charge in [0.2, 0.25) is 11.8 Å². The molecule has 2 aromatic rings. The van der Waals surface area contributed by atoms with Crippen molar-refractivity contribution in [3.8, 4) is 0 Å². The predicted molar refractivity (Wildman–Crippen MR) is 229 cm³/mol. The summed E-state index contributed by atoms with van der Waals surface area (Å²) in [6, 6.07) is 6.93. The Morgan fingerprint density at radius 2 is 0.939 bits per heavy atom. The number of aromatic carboxylic acids is 1. The topological polar surface area (TPSA) is 170 Å². The average molecular weight is 943 g/mol. The number of carbonyl (C=O) groups is 6. The van der Waals surface area contributed by atoms with Crippen molar-refractivity contribution in [2.24, 2.45) is 0 Å². The van der Waals surface area contributed by atoms with Gasteiger partial charge in [-0.2, -0.15) is 26.3 Å². The number of ether oxygens (including phenoxy) is 3. The quantitative estimate of drug-likeness (QED) is 0.261. The van der Waals surface area contributed by atoms with Crippen molar-refractivity contribution in [1.82, 2.24) is 9.80 Å². The van der Waals surface area contributed by atoms with Crippen molar-refractivity contribution < 1.29 is 74.4 Å². The Morgan fingerprint density at radius 1 is 0.591 bits per heavy atom. The van der Waals surface area contributed by atoms with Crippen LogP contribution in [0.15, 0.2) is 36.4 Å². The molecule has 0 atom stereocenters. The normalized spacial score (nSPS) is 17.9. The van der Waals surface area contributed by atoms with Crippen molar-refractivity contribution in [2.75, 3.05) is 98.4 Å². The highest BCUT2D eigenvalue weighted by Crippen LogP contribution is 2.37. The van der Waals surface area contributed by atoms with Crippen molar-refractivity contribution in [3.63, 3.8) is 0 Å². The molecule has 16 nitrogen and oxygen atoms in total. The van der Waals surface area contributed by atoms with Gasteiger partial charge in [0.1, 0.15) is 5.60 Å². The number of hydrogen-bond acceptors (Lipinski definition) is 11. The van der Waals surface area contributed by atoms with Crippen LogP contribution >= 0.6 is 0 Å². The molecule has 0 bridgehead atoms. The first-order chi connectivity index (χ1) is 30.9. The summed E-state index contributed by atoms with van der Waals surface area (Å²) in [6.45, 7) is 12.3. The molecule has 0 radical (unpaired) electrons. The van der Waals surface area contributed by atoms with Crippen molar-refractivity contribution >= 4 is 58.3 Å². The van der Waals surface area contributed by atoms with Gasteiger partial charge in [0.25, 0.3) is 0 Å². The van der Waals surface area contributed by atoms with Crippen molar-refractivity contribution in [2.45, 2.75) is 90.3 Å². The van der Waals surface area contributed by atoms with Gasteiger partial charge < -0.3 is 48.7 Å². The maximum absolute atomic E-state index is 13.7. The minimum atomic E-state index is -5.16. The lowest BCUT2D eigenvalue weighted by Gasteiger charge is -2.38. The van der Waals surface area contributed by atoms with Gasteiger partial charge in [0, 0.05) is 116 Å². The molecule has 4 amide bonds. The van der Waals surface area contributed by atoms with Crippen molar-refractivity contribution in [1.29, 1.82) is 0 Å². The molecule has 1 N–H and O–H groups in total. The fourth-order valence-electron chi connectivity index (χ4n) is 8.18. The molecule has 0 unspecified atom stereocenters. The van der Waals surface area contributed by atoms with Gasteiger partial charge in [-0.3, -0.25) is 19.2 Å². The number of carboxylic acids is 1. The summed E-state index contributed by atoms with van der Waals surface area (Å²) in [7, 11) is 0. The third-order valence-corrected chi connectivity index (χ3v) is 11.5. The molecule has 0 saturated carbocycles. The van der Waals surface area contributed by atoms with E-state index in [4.69, 9.17) is 14.2 Å². The van der Waals surface area contributed by atoms with Gasteiger partial charge in [-0.1, -0.05) is 0 Å². The second kappa shape index (κ2) is 21.3. The Morgan fingerprint density at radius 3 is 1.26 bits per heavy atom. The molecule has 4 saturated heterocycles. The van der Waals surface area contributed by atoms with Crippen LogP contribution < -0.4 is 19.6 Å². The lowest BCUT2D eigenvalue weighted by atomic mass is 10.0. The molecule has 0 aliphatic carbocycles. The van der Waals surface area contributed by atoms with Gasteiger partial charge in [-0.15, -0.1) is 0 Å². The fourth-order valence-corrected chi connectivity index (χ4v) is 8.18. The molecule has 4 heterocycles. The van der Waals surface area contributed by atoms with E-state index in [1.165, 1.54) is 44.2 Å². The zero-order valence-electron chi connectivity index (χ0n) is 37.5. The first-order valence-corrected chi connectivity index (χ1v) is 21.6. The van der Waals surface area contributed by atoms with E-state index in [0.717, 1.165) is 0 Å². The largest absolute Gasteiger partial charge is 0.478 e. The summed E-state index contributed by atoms with van der Waals surface area (Å²) >= 11 is 0. The van der Waals surface area contributed by atoms with Gasteiger partial charge in [0.05, 0.1) is 22.5 Å². The standard InChI is InChI=1S/C24H32F3N3O5.C20H24F3N3O5/c1-16(31)28-9-11-29(12-10-28)18-5-6-19(21(32)35-23(2,3)4)20(15-18)30(22(33)24(25,26)27)17-7-13-34-14-8-17;1-13(27)24-6-8-25(9-7-24)15-2-3-16(18(28)29)17(12-15)26(19(30)20(21,22)23)14-4-10-31-11-5-14/h5-6,15,17H,7-14H2,1-4H3;2-3,12,14H,4-11H2,1H3,(H,28,29). The molecule has 22 heteroatoms. The predicted octanol–water partition coefficient (Wildman–Crippen LogP) is 5.51. The number of hydrogen-bond donors (Lipinski definition) is 1. The van der Waals surface area contributed by atoms with E-state index in [1.54, 1.807) is 36.6 Å². The van der Waals surface area contributed by atoms with Crippen LogP contribution in [0.3, 0.4) is 0 Å². The maximum atomic E-state index is 13.7. The number of esters is 1. The number of carboxylic acid groups (broad SMARTS) is 1. The van der Waals surface area contributed by atoms with E-state index < -0.39 is 53.8 Å². The monoisotopic (exact) mass is 942 g/mol. The smallest absolute Gasteiger partial charge is 0.471 e. The van der Waals surface area contributed by atoms with E-state index in [2.05, 4.69) is 0 Å². The second-order valence-electron chi connectivity index (χ2n) is 17.2. The number of nitrogens with zero attached hydrogens (tertiary/aromatic N) is 6. The summed E-state index contributed by atoms with van der Waals surface area (Å²) in [5.41, 5.74) is -0.746. The van der Waals surface area contributed by atoms with E-state index >= 15 is 0 Å². The number of carbonyl (C=O) groups excluding carboxylic acids is 5. The van der Waals surface area contributed by atoms with Crippen LogP contribution in [0.5, 0.6) is 0 Å². The summed E-state index contributed by atoms with van der Waals surface area (Å²) in [5.74, 6) is -6.48. The van der Waals surface area contributed by atoms with E-state index in [-0.39, 0.29) is 86.4 Å². The summed E-state index contributed by atoms with van der Waals surface area (Å²) in [4.78, 5) is 81.4. The third kappa shape index (κ3) is 13.0. The fraction of sp³-hybridized carbons (Fsp3) is 0.591. The lowest BCUT2D eigenvalue weighted by molar-refractivity contribution is -0.171. The minimum Gasteiger partial charge on any atom is -0.478 e.